The second-order valence-electron chi connectivity index (χ2n) is 4.89. The highest BCUT2D eigenvalue weighted by molar-refractivity contribution is 5.93. The number of hydrogen-bond acceptors (Lipinski definition) is 3. The summed E-state index contributed by atoms with van der Waals surface area (Å²) in [5.74, 6) is 0.233. The Morgan fingerprint density at radius 3 is 3.06 bits per heavy atom. The smallest absolute Gasteiger partial charge is 0.270 e. The van der Waals surface area contributed by atoms with Crippen molar-refractivity contribution in [2.75, 3.05) is 25.4 Å². The van der Waals surface area contributed by atoms with Crippen LogP contribution in [0.3, 0.4) is 0 Å². The minimum Gasteiger partial charge on any atom is -0.397 e. The summed E-state index contributed by atoms with van der Waals surface area (Å²) in [6, 6.07) is 1.73. The van der Waals surface area contributed by atoms with Gasteiger partial charge < -0.3 is 20.3 Å². The van der Waals surface area contributed by atoms with Crippen molar-refractivity contribution in [3.05, 3.63) is 18.0 Å². The van der Waals surface area contributed by atoms with E-state index in [4.69, 9.17) is 5.73 Å². The Bertz CT molecular complexity index is 428. The van der Waals surface area contributed by atoms with Gasteiger partial charge in [-0.05, 0) is 31.7 Å². The summed E-state index contributed by atoms with van der Waals surface area (Å²) in [7, 11) is 0. The largest absolute Gasteiger partial charge is 0.397 e. The Hall–Kier alpha value is -1.49. The van der Waals surface area contributed by atoms with Gasteiger partial charge in [-0.3, -0.25) is 4.79 Å². The summed E-state index contributed by atoms with van der Waals surface area (Å²) in [5, 5.41) is 9.20. The van der Waals surface area contributed by atoms with Gasteiger partial charge in [-0.15, -0.1) is 0 Å². The minimum atomic E-state index is 0.0201. The number of carbonyl (C=O) groups excluding carboxylic acids is 1. The molecule has 100 valence electrons. The summed E-state index contributed by atoms with van der Waals surface area (Å²) >= 11 is 0. The van der Waals surface area contributed by atoms with Crippen molar-refractivity contribution in [3.63, 3.8) is 0 Å². The number of rotatable bonds is 3. The molecular weight excluding hydrogens is 230 g/mol. The lowest BCUT2D eigenvalue weighted by Crippen LogP contribution is -2.41. The number of aryl methyl sites for hydroxylation is 1. The Labute approximate surface area is 107 Å². The van der Waals surface area contributed by atoms with E-state index in [9.17, 15) is 9.90 Å². The molecule has 5 heteroatoms. The van der Waals surface area contributed by atoms with Gasteiger partial charge in [0.1, 0.15) is 5.69 Å². The second kappa shape index (κ2) is 5.44. The molecule has 0 radical (unpaired) electrons. The fourth-order valence-corrected chi connectivity index (χ4v) is 2.53. The van der Waals surface area contributed by atoms with E-state index < -0.39 is 0 Å². The lowest BCUT2D eigenvalue weighted by atomic mass is 9.99. The molecule has 0 aliphatic carbocycles. The summed E-state index contributed by atoms with van der Waals surface area (Å²) in [5.41, 5.74) is 7.01. The molecule has 1 aliphatic rings. The number of aromatic nitrogens is 1. The van der Waals surface area contributed by atoms with Crippen LogP contribution in [0.2, 0.25) is 0 Å². The highest BCUT2D eigenvalue weighted by Crippen LogP contribution is 2.20. The van der Waals surface area contributed by atoms with E-state index in [0.29, 0.717) is 17.9 Å². The maximum Gasteiger partial charge on any atom is 0.270 e. The van der Waals surface area contributed by atoms with E-state index >= 15 is 0 Å². The molecule has 1 atom stereocenters. The van der Waals surface area contributed by atoms with Crippen molar-refractivity contribution in [1.29, 1.82) is 0 Å². The second-order valence-corrected chi connectivity index (χ2v) is 4.89. The molecule has 5 nitrogen and oxygen atoms in total. The van der Waals surface area contributed by atoms with Gasteiger partial charge in [0.25, 0.3) is 5.91 Å². The molecule has 1 amide bonds. The molecule has 0 spiro atoms. The summed E-state index contributed by atoms with van der Waals surface area (Å²) in [4.78, 5) is 14.2. The van der Waals surface area contributed by atoms with Gasteiger partial charge in [-0.25, -0.2) is 0 Å². The number of aliphatic hydroxyl groups is 1. The molecule has 2 heterocycles. The summed E-state index contributed by atoms with van der Waals surface area (Å²) < 4.78 is 1.88. The Morgan fingerprint density at radius 1 is 1.61 bits per heavy atom. The third kappa shape index (κ3) is 2.51. The van der Waals surface area contributed by atoms with Crippen LogP contribution in [0.1, 0.15) is 30.3 Å². The molecule has 1 aromatic heterocycles. The number of amides is 1. The van der Waals surface area contributed by atoms with Crippen molar-refractivity contribution >= 4 is 11.6 Å². The van der Waals surface area contributed by atoms with E-state index in [1.165, 1.54) is 0 Å². The third-order valence-corrected chi connectivity index (χ3v) is 3.54. The van der Waals surface area contributed by atoms with Gasteiger partial charge in [0.05, 0.1) is 5.69 Å². The van der Waals surface area contributed by atoms with Gasteiger partial charge in [0, 0.05) is 32.4 Å². The number of likely N-dealkylation sites (tertiary alicyclic amines) is 1. The van der Waals surface area contributed by atoms with Crippen LogP contribution in [0.25, 0.3) is 0 Å². The molecule has 1 saturated heterocycles. The monoisotopic (exact) mass is 251 g/mol. The van der Waals surface area contributed by atoms with Crippen LogP contribution in [0.4, 0.5) is 5.69 Å². The topological polar surface area (TPSA) is 71.5 Å². The summed E-state index contributed by atoms with van der Waals surface area (Å²) in [6.45, 7) is 4.29. The van der Waals surface area contributed by atoms with E-state index in [-0.39, 0.29) is 18.4 Å². The minimum absolute atomic E-state index is 0.0201. The first-order valence-electron chi connectivity index (χ1n) is 6.51. The highest BCUT2D eigenvalue weighted by atomic mass is 16.3. The third-order valence-electron chi connectivity index (χ3n) is 3.54. The van der Waals surface area contributed by atoms with Crippen LogP contribution >= 0.6 is 0 Å². The Morgan fingerprint density at radius 2 is 2.39 bits per heavy atom. The molecule has 1 unspecified atom stereocenters. The van der Waals surface area contributed by atoms with Gasteiger partial charge >= 0.3 is 0 Å². The van der Waals surface area contributed by atoms with E-state index in [0.717, 1.165) is 25.9 Å². The van der Waals surface area contributed by atoms with E-state index in [1.54, 1.807) is 12.3 Å². The average molecular weight is 251 g/mol. The summed E-state index contributed by atoms with van der Waals surface area (Å²) in [6.07, 6.45) is 3.75. The molecule has 0 saturated carbocycles. The van der Waals surface area contributed by atoms with Crippen molar-refractivity contribution in [2.45, 2.75) is 26.3 Å². The highest BCUT2D eigenvalue weighted by Gasteiger charge is 2.25. The lowest BCUT2D eigenvalue weighted by Gasteiger charge is -2.32. The van der Waals surface area contributed by atoms with Crippen molar-refractivity contribution in [1.82, 2.24) is 9.47 Å². The van der Waals surface area contributed by atoms with Gasteiger partial charge in [0.2, 0.25) is 0 Å². The Balaban J connectivity index is 2.14. The molecule has 1 aromatic rings. The first-order valence-corrected chi connectivity index (χ1v) is 6.51. The zero-order valence-electron chi connectivity index (χ0n) is 10.8. The fourth-order valence-electron chi connectivity index (χ4n) is 2.53. The van der Waals surface area contributed by atoms with Crippen molar-refractivity contribution in [2.24, 2.45) is 5.92 Å². The SMILES string of the molecule is CCn1cc(N)cc1C(=O)N1CCCC(CO)C1. The quantitative estimate of drug-likeness (QED) is 0.839. The molecule has 1 aliphatic heterocycles. The molecule has 0 bridgehead atoms. The molecular formula is C13H21N3O2. The van der Waals surface area contributed by atoms with Crippen LogP contribution in [0, 0.1) is 5.92 Å². The van der Waals surface area contributed by atoms with Gasteiger partial charge in [0.15, 0.2) is 0 Å². The van der Waals surface area contributed by atoms with Crippen molar-refractivity contribution in [3.8, 4) is 0 Å². The van der Waals surface area contributed by atoms with E-state index in [2.05, 4.69) is 0 Å². The zero-order valence-corrected chi connectivity index (χ0v) is 10.8. The maximum absolute atomic E-state index is 12.4. The van der Waals surface area contributed by atoms with Gasteiger partial charge in [-0.2, -0.15) is 0 Å². The number of piperidine rings is 1. The predicted molar refractivity (Wildman–Crippen MR) is 70.2 cm³/mol. The van der Waals surface area contributed by atoms with Crippen LogP contribution in [0.15, 0.2) is 12.3 Å². The maximum atomic E-state index is 12.4. The van der Waals surface area contributed by atoms with Crippen LogP contribution in [-0.4, -0.2) is 40.2 Å². The number of nitrogens with zero attached hydrogens (tertiary/aromatic N) is 2. The van der Waals surface area contributed by atoms with Crippen LogP contribution < -0.4 is 5.73 Å². The number of anilines is 1. The number of nitrogen functional groups attached to an aromatic ring is 1. The molecule has 2 rings (SSSR count). The first kappa shape index (κ1) is 13.0. The Kier molecular flexibility index (Phi) is 3.91. The number of aliphatic hydroxyl groups excluding tert-OH is 1. The molecule has 1 fully saturated rings. The van der Waals surface area contributed by atoms with Gasteiger partial charge in [-0.1, -0.05) is 0 Å². The predicted octanol–water partition coefficient (Wildman–Crippen LogP) is 0.935. The number of carbonyl (C=O) groups is 1. The molecule has 0 aromatic carbocycles. The fraction of sp³-hybridized carbons (Fsp3) is 0.615. The normalized spacial score (nSPS) is 20.1. The molecule has 3 N–H and O–H groups in total. The number of nitrogens with two attached hydrogens (primary N) is 1. The van der Waals surface area contributed by atoms with E-state index in [1.807, 2.05) is 16.4 Å². The zero-order chi connectivity index (χ0) is 13.1. The average Bonchev–Trinajstić information content (AvgIpc) is 2.79. The number of hydrogen-bond donors (Lipinski definition) is 2. The lowest BCUT2D eigenvalue weighted by molar-refractivity contribution is 0.0610. The van der Waals surface area contributed by atoms with Crippen LogP contribution in [0.5, 0.6) is 0 Å². The van der Waals surface area contributed by atoms with Crippen LogP contribution in [-0.2, 0) is 6.54 Å². The standard InChI is InChI=1S/C13H21N3O2/c1-2-15-8-11(14)6-12(15)13(18)16-5-3-4-10(7-16)9-17/h6,8,10,17H,2-5,7,9,14H2,1H3. The van der Waals surface area contributed by atoms with Crippen molar-refractivity contribution < 1.29 is 9.90 Å². The first-order chi connectivity index (χ1) is 8.65. The molecule has 18 heavy (non-hydrogen) atoms.